The van der Waals surface area contributed by atoms with Crippen molar-refractivity contribution in [2.24, 2.45) is 0 Å². The molecule has 4 heteroatoms. The summed E-state index contributed by atoms with van der Waals surface area (Å²) in [6.45, 7) is 0. The number of rotatable bonds is 3. The van der Waals surface area contributed by atoms with Crippen LogP contribution in [0.4, 0.5) is 13.2 Å². The standard InChI is InChI=1S/C4H6F3Si/c5-3(1-2-8)4(6)7/h3-4H,1-2H2. The van der Waals surface area contributed by atoms with E-state index in [1.54, 1.807) is 0 Å². The van der Waals surface area contributed by atoms with Crippen LogP contribution in [0.5, 0.6) is 0 Å². The van der Waals surface area contributed by atoms with Crippen molar-refractivity contribution in [3.8, 4) is 0 Å². The molecule has 0 saturated carbocycles. The van der Waals surface area contributed by atoms with Gasteiger partial charge in [0.2, 0.25) is 0 Å². The first-order valence-corrected chi connectivity index (χ1v) is 2.96. The van der Waals surface area contributed by atoms with Crippen LogP contribution in [0.2, 0.25) is 6.04 Å². The largest absolute Gasteiger partial charge is 0.269 e. The average molecular weight is 139 g/mol. The molecule has 0 nitrogen and oxygen atoms in total. The second-order valence-corrected chi connectivity index (χ2v) is 1.89. The highest BCUT2D eigenvalue weighted by atomic mass is 28.1. The van der Waals surface area contributed by atoms with Crippen molar-refractivity contribution in [2.45, 2.75) is 25.1 Å². The van der Waals surface area contributed by atoms with E-state index in [1.165, 1.54) is 0 Å². The third-order valence-corrected chi connectivity index (χ3v) is 0.982. The van der Waals surface area contributed by atoms with Gasteiger partial charge in [-0.05, 0) is 6.42 Å². The summed E-state index contributed by atoms with van der Waals surface area (Å²) in [5.74, 6) is 0. The van der Waals surface area contributed by atoms with Crippen molar-refractivity contribution in [1.82, 2.24) is 0 Å². The minimum absolute atomic E-state index is 0.117. The Morgan fingerprint density at radius 1 is 1.25 bits per heavy atom. The summed E-state index contributed by atoms with van der Waals surface area (Å²) in [6.07, 6.45) is -4.91. The van der Waals surface area contributed by atoms with E-state index < -0.39 is 12.6 Å². The summed E-state index contributed by atoms with van der Waals surface area (Å²) in [5, 5.41) is 0. The normalized spacial score (nSPS) is 14.6. The Morgan fingerprint density at radius 2 is 1.75 bits per heavy atom. The van der Waals surface area contributed by atoms with Crippen LogP contribution < -0.4 is 0 Å². The van der Waals surface area contributed by atoms with E-state index in [9.17, 15) is 13.2 Å². The lowest BCUT2D eigenvalue weighted by Gasteiger charge is -2.01. The predicted octanol–water partition coefficient (Wildman–Crippen LogP) is 1.57. The molecule has 1 atom stereocenters. The van der Waals surface area contributed by atoms with Gasteiger partial charge < -0.3 is 0 Å². The lowest BCUT2D eigenvalue weighted by Crippen LogP contribution is -2.10. The molecular formula is C4H6F3Si. The highest BCUT2D eigenvalue weighted by molar-refractivity contribution is 6.08. The Kier molecular flexibility index (Phi) is 3.95. The molecule has 8 heavy (non-hydrogen) atoms. The zero-order valence-corrected chi connectivity index (χ0v) is 5.20. The molecule has 0 fully saturated rings. The van der Waals surface area contributed by atoms with Crippen molar-refractivity contribution in [2.75, 3.05) is 0 Å². The van der Waals surface area contributed by atoms with Crippen molar-refractivity contribution < 1.29 is 13.2 Å². The van der Waals surface area contributed by atoms with Gasteiger partial charge in [0.1, 0.15) is 0 Å². The highest BCUT2D eigenvalue weighted by Crippen LogP contribution is 2.10. The van der Waals surface area contributed by atoms with Gasteiger partial charge in [0.15, 0.2) is 6.17 Å². The summed E-state index contributed by atoms with van der Waals surface area (Å²) in [5.41, 5.74) is 0. The van der Waals surface area contributed by atoms with Gasteiger partial charge in [-0.15, -0.1) is 0 Å². The number of alkyl halides is 3. The smallest absolute Gasteiger partial charge is 0.241 e. The average Bonchev–Trinajstić information content (AvgIpc) is 1.67. The van der Waals surface area contributed by atoms with E-state index in [-0.39, 0.29) is 12.5 Å². The van der Waals surface area contributed by atoms with Gasteiger partial charge >= 0.3 is 0 Å². The quantitative estimate of drug-likeness (QED) is 0.520. The zero-order valence-electron chi connectivity index (χ0n) is 4.20. The first-order valence-electron chi connectivity index (χ1n) is 2.25. The lowest BCUT2D eigenvalue weighted by molar-refractivity contribution is 0.0482. The fraction of sp³-hybridized carbons (Fsp3) is 1.00. The third kappa shape index (κ3) is 3.07. The minimum atomic E-state index is -2.83. The second kappa shape index (κ2) is 3.94. The van der Waals surface area contributed by atoms with Gasteiger partial charge in [-0.1, -0.05) is 6.04 Å². The Balaban J connectivity index is 3.17. The molecule has 3 radical (unpaired) electrons. The summed E-state index contributed by atoms with van der Waals surface area (Å²) >= 11 is 0. The van der Waals surface area contributed by atoms with Gasteiger partial charge in [-0.25, -0.2) is 13.2 Å². The van der Waals surface area contributed by atoms with Crippen LogP contribution in [0.25, 0.3) is 0 Å². The van der Waals surface area contributed by atoms with Crippen LogP contribution in [0.15, 0.2) is 0 Å². The number of halogens is 3. The molecule has 0 bridgehead atoms. The molecule has 0 N–H and O–H groups in total. The van der Waals surface area contributed by atoms with Gasteiger partial charge in [0, 0.05) is 10.2 Å². The fourth-order valence-electron chi connectivity index (χ4n) is 0.264. The number of hydrogen-bond acceptors (Lipinski definition) is 0. The molecule has 0 aliphatic carbocycles. The molecule has 0 amide bonds. The molecule has 47 valence electrons. The van der Waals surface area contributed by atoms with Crippen molar-refractivity contribution in [1.29, 1.82) is 0 Å². The third-order valence-electron chi connectivity index (χ3n) is 0.694. The monoisotopic (exact) mass is 139 g/mol. The maximum absolute atomic E-state index is 11.7. The molecule has 0 rings (SSSR count). The van der Waals surface area contributed by atoms with Crippen molar-refractivity contribution in [3.05, 3.63) is 0 Å². The van der Waals surface area contributed by atoms with Crippen LogP contribution in [0.3, 0.4) is 0 Å². The van der Waals surface area contributed by atoms with Gasteiger partial charge in [-0.3, -0.25) is 0 Å². The Morgan fingerprint density at radius 3 is 1.88 bits per heavy atom. The maximum Gasteiger partial charge on any atom is 0.269 e. The van der Waals surface area contributed by atoms with Crippen LogP contribution in [0.1, 0.15) is 6.42 Å². The topological polar surface area (TPSA) is 0 Å². The van der Waals surface area contributed by atoms with Crippen LogP contribution in [0, 0.1) is 0 Å². The van der Waals surface area contributed by atoms with Gasteiger partial charge in [-0.2, -0.15) is 0 Å². The van der Waals surface area contributed by atoms with Crippen molar-refractivity contribution >= 4 is 10.2 Å². The molecule has 0 aliphatic heterocycles. The van der Waals surface area contributed by atoms with E-state index in [0.717, 1.165) is 0 Å². The zero-order chi connectivity index (χ0) is 6.57. The Bertz CT molecular complexity index is 57.2. The van der Waals surface area contributed by atoms with Crippen LogP contribution >= 0.6 is 0 Å². The number of hydrogen-bond donors (Lipinski definition) is 0. The van der Waals surface area contributed by atoms with E-state index in [2.05, 4.69) is 10.2 Å². The Hall–Kier alpha value is 0.00688. The molecule has 0 aromatic carbocycles. The van der Waals surface area contributed by atoms with E-state index >= 15 is 0 Å². The molecule has 1 unspecified atom stereocenters. The Labute approximate surface area is 49.5 Å². The van der Waals surface area contributed by atoms with Crippen LogP contribution in [-0.2, 0) is 0 Å². The van der Waals surface area contributed by atoms with Gasteiger partial charge in [0.25, 0.3) is 6.43 Å². The molecule has 0 aliphatic rings. The predicted molar refractivity (Wildman–Crippen MR) is 26.1 cm³/mol. The first-order chi connectivity index (χ1) is 3.68. The first kappa shape index (κ1) is 8.01. The molecule has 0 heterocycles. The summed E-state index contributed by atoms with van der Waals surface area (Å²) in [7, 11) is 2.89. The summed E-state index contributed by atoms with van der Waals surface area (Å²) in [4.78, 5) is 0. The SMILES string of the molecule is FC(F)C(F)CC[Si]. The van der Waals surface area contributed by atoms with Crippen molar-refractivity contribution in [3.63, 3.8) is 0 Å². The highest BCUT2D eigenvalue weighted by Gasteiger charge is 2.16. The molecule has 0 saturated heterocycles. The molecule has 0 spiro atoms. The molecular weight excluding hydrogens is 133 g/mol. The van der Waals surface area contributed by atoms with Gasteiger partial charge in [0.05, 0.1) is 0 Å². The maximum atomic E-state index is 11.7. The van der Waals surface area contributed by atoms with E-state index in [0.29, 0.717) is 0 Å². The van der Waals surface area contributed by atoms with E-state index in [1.807, 2.05) is 0 Å². The molecule has 0 aromatic rings. The fourth-order valence-corrected chi connectivity index (χ4v) is 0.540. The summed E-state index contributed by atoms with van der Waals surface area (Å²) in [6, 6.07) is 0.283. The molecule has 0 aromatic heterocycles. The van der Waals surface area contributed by atoms with Crippen LogP contribution in [-0.4, -0.2) is 22.8 Å². The minimum Gasteiger partial charge on any atom is -0.241 e. The lowest BCUT2D eigenvalue weighted by atomic mass is 10.3. The van der Waals surface area contributed by atoms with E-state index in [4.69, 9.17) is 0 Å². The second-order valence-electron chi connectivity index (χ2n) is 1.39. The summed E-state index contributed by atoms with van der Waals surface area (Å²) < 4.78 is 34.2.